The molecule has 4 aromatic rings. The van der Waals surface area contributed by atoms with Gasteiger partial charge in [-0.05, 0) is 145 Å². The smallest absolute Gasteiger partial charge is 0.0169 e. The van der Waals surface area contributed by atoms with Crippen molar-refractivity contribution in [1.29, 1.82) is 0 Å². The molecule has 1 nitrogen and oxygen atoms in total. The van der Waals surface area contributed by atoms with E-state index in [1.807, 2.05) is 0 Å². The first-order valence-corrected chi connectivity index (χ1v) is 12.9. The van der Waals surface area contributed by atoms with Gasteiger partial charge in [0.1, 0.15) is 0 Å². The van der Waals surface area contributed by atoms with Crippen molar-refractivity contribution in [3.05, 3.63) is 128 Å². The van der Waals surface area contributed by atoms with Gasteiger partial charge in [-0.2, -0.15) is 0 Å². The van der Waals surface area contributed by atoms with E-state index >= 15 is 0 Å². The first-order chi connectivity index (χ1) is 16.7. The van der Waals surface area contributed by atoms with Gasteiger partial charge >= 0.3 is 0 Å². The fourth-order valence-electron chi connectivity index (χ4n) is 3.63. The predicted octanol–water partition coefficient (Wildman–Crippen LogP) is 9.79. The van der Waals surface area contributed by atoms with Crippen LogP contribution in [0.25, 0.3) is 0 Å². The minimum Gasteiger partial charge on any atom is -0.354 e. The van der Waals surface area contributed by atoms with Crippen LogP contribution in [0.5, 0.6) is 0 Å². The van der Waals surface area contributed by atoms with E-state index in [-0.39, 0.29) is 0 Å². The minimum absolute atomic E-state index is 1.35. The Morgan fingerprint density at radius 2 is 0.861 bits per heavy atom. The van der Waals surface area contributed by atoms with E-state index in [0.29, 0.717) is 0 Å². The lowest BCUT2D eigenvalue weighted by molar-refractivity contribution is 0.877. The second-order valence-corrected chi connectivity index (χ2v) is 10.3. The highest BCUT2D eigenvalue weighted by molar-refractivity contribution is 5.35. The number of hydrogen-bond donors (Lipinski definition) is 0. The Morgan fingerprint density at radius 1 is 0.417 bits per heavy atom. The lowest BCUT2D eigenvalue weighted by Crippen LogP contribution is -1.87. The summed E-state index contributed by atoms with van der Waals surface area (Å²) < 4.78 is 2.12. The van der Waals surface area contributed by atoms with Crippen LogP contribution >= 0.6 is 0 Å². The molecule has 1 aromatic heterocycles. The van der Waals surface area contributed by atoms with Gasteiger partial charge in [-0.1, -0.05) is 54.1 Å². The van der Waals surface area contributed by atoms with Crippen molar-refractivity contribution in [3.63, 3.8) is 0 Å². The summed E-state index contributed by atoms with van der Waals surface area (Å²) in [6, 6.07) is 19.5. The molecule has 0 saturated carbocycles. The molecule has 0 unspecified atom stereocenters. The highest BCUT2D eigenvalue weighted by atomic mass is 14.9. The molecule has 0 atom stereocenters. The van der Waals surface area contributed by atoms with Crippen LogP contribution in [-0.2, 0) is 7.05 Å². The molecule has 0 amide bonds. The second-order valence-electron chi connectivity index (χ2n) is 10.3. The van der Waals surface area contributed by atoms with Crippen LogP contribution in [0.15, 0.2) is 60.8 Å². The molecular formula is C35H49N. The molecule has 0 spiro atoms. The molecule has 0 fully saturated rings. The maximum absolute atomic E-state index is 2.24. The molecule has 1 heteroatoms. The van der Waals surface area contributed by atoms with E-state index in [9.17, 15) is 0 Å². The van der Waals surface area contributed by atoms with Crippen LogP contribution in [0.2, 0.25) is 0 Å². The van der Waals surface area contributed by atoms with Gasteiger partial charge in [0.05, 0.1) is 0 Å². The van der Waals surface area contributed by atoms with Gasteiger partial charge in [0, 0.05) is 18.9 Å². The first-order valence-electron chi connectivity index (χ1n) is 12.9. The van der Waals surface area contributed by atoms with E-state index in [2.05, 4.69) is 155 Å². The van der Waals surface area contributed by atoms with Crippen LogP contribution in [0.1, 0.15) is 66.9 Å². The van der Waals surface area contributed by atoms with E-state index in [4.69, 9.17) is 0 Å². The lowest BCUT2D eigenvalue weighted by atomic mass is 10.0. The van der Waals surface area contributed by atoms with Gasteiger partial charge in [-0.15, -0.1) is 0 Å². The van der Waals surface area contributed by atoms with Crippen LogP contribution in [0.3, 0.4) is 0 Å². The van der Waals surface area contributed by atoms with Gasteiger partial charge in [0.15, 0.2) is 0 Å². The van der Waals surface area contributed by atoms with Gasteiger partial charge in [-0.3, -0.25) is 0 Å². The largest absolute Gasteiger partial charge is 0.354 e. The predicted molar refractivity (Wildman–Crippen MR) is 162 cm³/mol. The third-order valence-electron chi connectivity index (χ3n) is 7.30. The standard InChI is InChI=1S/C10H14.2C9H12.C7H11N/c1-7-5-9(3)10(4)6-8(7)2;1-7-4-5-8(2)9(3)6-7;1-7-5-4-6-8(2)9(7)3;1-6-4-5-8(3)7(6)2/h5-6H,1-4H3;2*4-6H,1-3H3;4-5H,1-3H3. The van der Waals surface area contributed by atoms with E-state index in [1.165, 1.54) is 66.9 Å². The topological polar surface area (TPSA) is 4.93 Å². The molecule has 1 heterocycles. The van der Waals surface area contributed by atoms with E-state index in [0.717, 1.165) is 0 Å². The zero-order chi connectivity index (χ0) is 27.6. The number of hydrogen-bond acceptors (Lipinski definition) is 0. The van der Waals surface area contributed by atoms with Crippen molar-refractivity contribution in [3.8, 4) is 0 Å². The number of benzene rings is 3. The SMILES string of the molecule is Cc1cc(C)c(C)cc1C.Cc1ccc(C)c(C)c1.Cc1cccc(C)c1C.Cc1ccn(C)c1C. The molecule has 4 rings (SSSR count). The zero-order valence-electron chi connectivity index (χ0n) is 25.2. The minimum atomic E-state index is 1.35. The Morgan fingerprint density at radius 3 is 1.14 bits per heavy atom. The third kappa shape index (κ3) is 9.90. The van der Waals surface area contributed by atoms with Crippen LogP contribution < -0.4 is 0 Å². The zero-order valence-corrected chi connectivity index (χ0v) is 25.2. The summed E-state index contributed by atoms with van der Waals surface area (Å²) in [5.74, 6) is 0. The quantitative estimate of drug-likeness (QED) is 0.234. The summed E-state index contributed by atoms with van der Waals surface area (Å²) in [4.78, 5) is 0. The normalized spacial score (nSPS) is 9.81. The maximum Gasteiger partial charge on any atom is 0.0169 e. The molecule has 3 aromatic carbocycles. The van der Waals surface area contributed by atoms with E-state index in [1.54, 1.807) is 0 Å². The van der Waals surface area contributed by atoms with Crippen molar-refractivity contribution < 1.29 is 0 Å². The molecule has 36 heavy (non-hydrogen) atoms. The van der Waals surface area contributed by atoms with Gasteiger partial charge in [-0.25, -0.2) is 0 Å². The molecule has 0 radical (unpaired) electrons. The average Bonchev–Trinajstić information content (AvgIpc) is 3.11. The van der Waals surface area contributed by atoms with Crippen molar-refractivity contribution in [2.24, 2.45) is 7.05 Å². The summed E-state index contributed by atoms with van der Waals surface area (Å²) >= 11 is 0. The Labute approximate surface area is 222 Å². The Hall–Kier alpha value is -3.06. The van der Waals surface area contributed by atoms with Crippen LogP contribution in [-0.4, -0.2) is 4.57 Å². The Kier molecular flexibility index (Phi) is 12.5. The molecule has 0 aliphatic carbocycles. The monoisotopic (exact) mass is 483 g/mol. The Bertz CT molecular complexity index is 1160. The average molecular weight is 484 g/mol. The van der Waals surface area contributed by atoms with Crippen molar-refractivity contribution in [1.82, 2.24) is 4.57 Å². The van der Waals surface area contributed by atoms with Crippen molar-refractivity contribution >= 4 is 0 Å². The summed E-state index contributed by atoms with van der Waals surface area (Å²) in [6.45, 7) is 25.7. The molecule has 0 aliphatic rings. The Balaban J connectivity index is 0.000000241. The molecule has 194 valence electrons. The number of aromatic nitrogens is 1. The van der Waals surface area contributed by atoms with Crippen LogP contribution in [0.4, 0.5) is 0 Å². The fraction of sp³-hybridized carbons (Fsp3) is 0.371. The molecular weight excluding hydrogens is 434 g/mol. The lowest BCUT2D eigenvalue weighted by Gasteiger charge is -2.04. The fourth-order valence-corrected chi connectivity index (χ4v) is 3.63. The molecule has 0 bridgehead atoms. The summed E-state index contributed by atoms with van der Waals surface area (Å²) in [5.41, 5.74) is 16.6. The number of nitrogens with zero attached hydrogens (tertiary/aromatic N) is 1. The van der Waals surface area contributed by atoms with Gasteiger partial charge < -0.3 is 4.57 Å². The van der Waals surface area contributed by atoms with Gasteiger partial charge in [0.25, 0.3) is 0 Å². The van der Waals surface area contributed by atoms with Crippen molar-refractivity contribution in [2.75, 3.05) is 0 Å². The maximum atomic E-state index is 2.24. The number of rotatable bonds is 0. The van der Waals surface area contributed by atoms with Crippen molar-refractivity contribution in [2.45, 2.75) is 83.1 Å². The highest BCUT2D eigenvalue weighted by Gasteiger charge is 1.95. The molecule has 0 aliphatic heterocycles. The summed E-state index contributed by atoms with van der Waals surface area (Å²) in [7, 11) is 2.06. The van der Waals surface area contributed by atoms with Gasteiger partial charge in [0.2, 0.25) is 0 Å². The molecule has 0 saturated heterocycles. The summed E-state index contributed by atoms with van der Waals surface area (Å²) in [5, 5.41) is 0. The first kappa shape index (κ1) is 31.0. The van der Waals surface area contributed by atoms with E-state index < -0.39 is 0 Å². The summed E-state index contributed by atoms with van der Waals surface area (Å²) in [6.07, 6.45) is 2.07. The number of aryl methyl sites for hydroxylation is 11. The highest BCUT2D eigenvalue weighted by Crippen LogP contribution is 2.13. The third-order valence-corrected chi connectivity index (χ3v) is 7.30. The molecule has 0 N–H and O–H groups in total. The second kappa shape index (κ2) is 14.5. The van der Waals surface area contributed by atoms with Crippen LogP contribution in [0, 0.1) is 83.1 Å².